The molecule has 2 amide bonds. The minimum absolute atomic E-state index is 0.139. The van der Waals surface area contributed by atoms with Crippen molar-refractivity contribution in [3.63, 3.8) is 0 Å². The van der Waals surface area contributed by atoms with Crippen molar-refractivity contribution in [3.8, 4) is 11.1 Å². The number of likely N-dealkylation sites (tertiary alicyclic amines) is 1. The number of pyridine rings is 1. The largest absolute Gasteiger partial charge is 0.380 e. The van der Waals surface area contributed by atoms with Crippen molar-refractivity contribution in [3.05, 3.63) is 48.3 Å². The second-order valence-corrected chi connectivity index (χ2v) is 9.15. The molecule has 9 heteroatoms. The van der Waals surface area contributed by atoms with Crippen LogP contribution in [0.3, 0.4) is 0 Å². The third-order valence-corrected chi connectivity index (χ3v) is 7.31. The van der Waals surface area contributed by atoms with E-state index in [-0.39, 0.29) is 11.9 Å². The van der Waals surface area contributed by atoms with Gasteiger partial charge in [0.15, 0.2) is 0 Å². The number of nitrogens with one attached hydrogen (secondary N) is 1. The number of amides is 2. The van der Waals surface area contributed by atoms with E-state index in [1.165, 1.54) is 18.5 Å². The number of primary amides is 1. The highest BCUT2D eigenvalue weighted by Crippen LogP contribution is 2.44. The molecule has 1 saturated carbocycles. The molecule has 0 unspecified atom stereocenters. The maximum absolute atomic E-state index is 13.7. The molecule has 3 aromatic heterocycles. The van der Waals surface area contributed by atoms with Crippen LogP contribution in [0.15, 0.2) is 36.8 Å². The molecule has 3 aromatic rings. The van der Waals surface area contributed by atoms with E-state index in [1.54, 1.807) is 16.8 Å². The molecule has 33 heavy (non-hydrogen) atoms. The molecule has 172 valence electrons. The van der Waals surface area contributed by atoms with Crippen molar-refractivity contribution >= 4 is 23.0 Å². The zero-order valence-corrected chi connectivity index (χ0v) is 18.7. The predicted molar refractivity (Wildman–Crippen MR) is 122 cm³/mol. The van der Waals surface area contributed by atoms with Crippen LogP contribution in [0, 0.1) is 23.7 Å². The van der Waals surface area contributed by atoms with E-state index in [0.717, 1.165) is 25.1 Å². The van der Waals surface area contributed by atoms with Crippen molar-refractivity contribution in [1.82, 2.24) is 19.5 Å². The fourth-order valence-corrected chi connectivity index (χ4v) is 5.52. The predicted octanol–water partition coefficient (Wildman–Crippen LogP) is 2.94. The molecular weight excluding hydrogens is 423 g/mol. The van der Waals surface area contributed by atoms with Crippen molar-refractivity contribution in [2.45, 2.75) is 32.7 Å². The number of carbonyl (C=O) groups excluding carboxylic acids is 2. The summed E-state index contributed by atoms with van der Waals surface area (Å²) in [5.74, 6) is 0.271. The Balaban J connectivity index is 1.47. The normalized spacial score (nSPS) is 24.3. The molecule has 2 fully saturated rings. The number of aromatic nitrogens is 3. The molecule has 0 radical (unpaired) electrons. The SMILES string of the molecule is CCC(=O)N1C[C@H]2C[C@@H](Nc3c(C(N)=O)cnn4cc(-c5ccnc(F)c5)cc34)[C@H](C)[C@H]2C1. The zero-order chi connectivity index (χ0) is 23.3. The number of hydrogen-bond acceptors (Lipinski definition) is 5. The van der Waals surface area contributed by atoms with Gasteiger partial charge < -0.3 is 16.0 Å². The fraction of sp³-hybridized carbons (Fsp3) is 0.417. The van der Waals surface area contributed by atoms with Crippen LogP contribution in [0.5, 0.6) is 0 Å². The van der Waals surface area contributed by atoms with Gasteiger partial charge in [0.05, 0.1) is 23.0 Å². The van der Waals surface area contributed by atoms with E-state index >= 15 is 0 Å². The zero-order valence-electron chi connectivity index (χ0n) is 18.7. The average molecular weight is 451 g/mol. The number of hydrogen-bond donors (Lipinski definition) is 2. The molecule has 1 aliphatic heterocycles. The van der Waals surface area contributed by atoms with Gasteiger partial charge in [-0.1, -0.05) is 13.8 Å². The summed E-state index contributed by atoms with van der Waals surface area (Å²) in [6.45, 7) is 5.68. The van der Waals surface area contributed by atoms with E-state index in [1.807, 2.05) is 17.9 Å². The Morgan fingerprint density at radius 3 is 2.79 bits per heavy atom. The van der Waals surface area contributed by atoms with Crippen LogP contribution in [0.25, 0.3) is 16.6 Å². The van der Waals surface area contributed by atoms with E-state index in [2.05, 4.69) is 22.3 Å². The van der Waals surface area contributed by atoms with Crippen LogP contribution >= 0.6 is 0 Å². The first-order chi connectivity index (χ1) is 15.9. The van der Waals surface area contributed by atoms with Gasteiger partial charge in [-0.05, 0) is 41.9 Å². The lowest BCUT2D eigenvalue weighted by atomic mass is 9.93. The molecule has 3 N–H and O–H groups in total. The molecular formula is C24H27FN6O2. The smallest absolute Gasteiger partial charge is 0.252 e. The second kappa shape index (κ2) is 8.13. The molecule has 4 atom stereocenters. The van der Waals surface area contributed by atoms with Gasteiger partial charge in [-0.2, -0.15) is 9.49 Å². The van der Waals surface area contributed by atoms with E-state index in [0.29, 0.717) is 46.5 Å². The van der Waals surface area contributed by atoms with Crippen LogP contribution in [-0.4, -0.2) is 50.4 Å². The summed E-state index contributed by atoms with van der Waals surface area (Å²) < 4.78 is 15.3. The summed E-state index contributed by atoms with van der Waals surface area (Å²) in [6, 6.07) is 5.10. The third-order valence-electron chi connectivity index (χ3n) is 7.31. The summed E-state index contributed by atoms with van der Waals surface area (Å²) in [5.41, 5.74) is 8.77. The lowest BCUT2D eigenvalue weighted by Gasteiger charge is -2.25. The molecule has 1 aliphatic carbocycles. The Hall–Kier alpha value is -3.49. The highest BCUT2D eigenvalue weighted by atomic mass is 19.1. The third kappa shape index (κ3) is 3.71. The van der Waals surface area contributed by atoms with Crippen molar-refractivity contribution in [2.75, 3.05) is 18.4 Å². The lowest BCUT2D eigenvalue weighted by Crippen LogP contribution is -2.33. The number of fused-ring (bicyclic) bond motifs is 2. The van der Waals surface area contributed by atoms with Crippen LogP contribution in [0.1, 0.15) is 37.0 Å². The van der Waals surface area contributed by atoms with Crippen LogP contribution in [0.2, 0.25) is 0 Å². The Morgan fingerprint density at radius 2 is 2.09 bits per heavy atom. The molecule has 0 aromatic carbocycles. The number of anilines is 1. The molecule has 8 nitrogen and oxygen atoms in total. The maximum Gasteiger partial charge on any atom is 0.252 e. The highest BCUT2D eigenvalue weighted by molar-refractivity contribution is 6.02. The van der Waals surface area contributed by atoms with Crippen LogP contribution < -0.4 is 11.1 Å². The van der Waals surface area contributed by atoms with Gasteiger partial charge in [-0.15, -0.1) is 0 Å². The molecule has 0 spiro atoms. The average Bonchev–Trinajstić information content (AvgIpc) is 3.48. The van der Waals surface area contributed by atoms with Crippen LogP contribution in [0.4, 0.5) is 10.1 Å². The summed E-state index contributed by atoms with van der Waals surface area (Å²) >= 11 is 0. The fourth-order valence-electron chi connectivity index (χ4n) is 5.52. The van der Waals surface area contributed by atoms with Gasteiger partial charge in [0.1, 0.15) is 0 Å². The van der Waals surface area contributed by atoms with Crippen molar-refractivity contribution in [1.29, 1.82) is 0 Å². The Labute approximate surface area is 191 Å². The Kier molecular flexibility index (Phi) is 5.26. The lowest BCUT2D eigenvalue weighted by molar-refractivity contribution is -0.130. The second-order valence-electron chi connectivity index (χ2n) is 9.15. The maximum atomic E-state index is 13.7. The number of nitrogens with zero attached hydrogens (tertiary/aromatic N) is 4. The van der Waals surface area contributed by atoms with Gasteiger partial charge in [0, 0.05) is 49.6 Å². The van der Waals surface area contributed by atoms with Gasteiger partial charge in [-0.25, -0.2) is 9.50 Å². The molecule has 0 bridgehead atoms. The highest BCUT2D eigenvalue weighted by Gasteiger charge is 2.47. The van der Waals surface area contributed by atoms with Gasteiger partial charge in [-0.3, -0.25) is 9.59 Å². The van der Waals surface area contributed by atoms with Gasteiger partial charge >= 0.3 is 0 Å². The number of carbonyl (C=O) groups is 2. The number of rotatable bonds is 5. The first-order valence-electron chi connectivity index (χ1n) is 11.3. The Morgan fingerprint density at radius 1 is 1.27 bits per heavy atom. The standard InChI is InChI=1S/C24H27FN6O2/c1-3-22(32)30-10-16-6-19(13(2)18(16)12-30)29-23-17(24(26)33)9-28-31-11-15(7-20(23)31)14-4-5-27-21(25)8-14/h4-5,7-9,11,13,16,18-19,29H,3,6,10,12H2,1-2H3,(H2,26,33)/t13-,16-,18-,19-/m1/s1. The van der Waals surface area contributed by atoms with Gasteiger partial charge in [0.25, 0.3) is 5.91 Å². The van der Waals surface area contributed by atoms with Crippen LogP contribution in [-0.2, 0) is 4.79 Å². The molecule has 2 aliphatic rings. The summed E-state index contributed by atoms with van der Waals surface area (Å²) in [5, 5.41) is 7.94. The van der Waals surface area contributed by atoms with Gasteiger partial charge in [0.2, 0.25) is 11.9 Å². The van der Waals surface area contributed by atoms with E-state index in [4.69, 9.17) is 5.73 Å². The summed E-state index contributed by atoms with van der Waals surface area (Å²) in [6.07, 6.45) is 6.12. The molecule has 5 rings (SSSR count). The first-order valence-corrected chi connectivity index (χ1v) is 11.3. The van der Waals surface area contributed by atoms with Crippen molar-refractivity contribution < 1.29 is 14.0 Å². The summed E-state index contributed by atoms with van der Waals surface area (Å²) in [4.78, 5) is 30.0. The first kappa shape index (κ1) is 21.4. The molecule has 4 heterocycles. The minimum Gasteiger partial charge on any atom is -0.380 e. The monoisotopic (exact) mass is 450 g/mol. The Bertz CT molecular complexity index is 1240. The van der Waals surface area contributed by atoms with E-state index in [9.17, 15) is 14.0 Å². The quantitative estimate of drug-likeness (QED) is 0.582. The minimum atomic E-state index is -0.561. The van der Waals surface area contributed by atoms with Crippen molar-refractivity contribution in [2.24, 2.45) is 23.5 Å². The topological polar surface area (TPSA) is 106 Å². The molecule has 1 saturated heterocycles. The summed E-state index contributed by atoms with van der Waals surface area (Å²) in [7, 11) is 0. The number of halogens is 1. The van der Waals surface area contributed by atoms with E-state index < -0.39 is 11.9 Å². The number of nitrogens with two attached hydrogens (primary N) is 1.